The molecule has 6 rings (SSSR count). The van der Waals surface area contributed by atoms with Gasteiger partial charge in [0.15, 0.2) is 0 Å². The predicted octanol–water partition coefficient (Wildman–Crippen LogP) is 4.54. The molecule has 9 N–H and O–H groups in total. The number of ether oxygens (including phenoxy) is 1. The molecule has 9 nitrogen and oxygen atoms in total. The molecule has 0 radical (unpaired) electrons. The second-order valence-corrected chi connectivity index (χ2v) is 20.7. The summed E-state index contributed by atoms with van der Waals surface area (Å²) in [5.41, 5.74) is 5.79. The fourth-order valence-electron chi connectivity index (χ4n) is 15.2. The highest BCUT2D eigenvalue weighted by Gasteiger charge is 2.70. The minimum absolute atomic E-state index is 0.0503. The quantitative estimate of drug-likeness (QED) is 0.152. The Morgan fingerprint density at radius 1 is 0.725 bits per heavy atom. The maximum absolute atomic E-state index is 11.0. The van der Waals surface area contributed by atoms with Gasteiger partial charge in [0.2, 0.25) is 0 Å². The molecule has 6 saturated carbocycles. The average Bonchev–Trinajstić information content (AvgIpc) is 3.50. The zero-order chi connectivity index (χ0) is 37.5. The van der Waals surface area contributed by atoms with E-state index in [1.807, 2.05) is 0 Å². The lowest BCUT2D eigenvalue weighted by Crippen LogP contribution is -2.65. The van der Waals surface area contributed by atoms with E-state index in [1.165, 1.54) is 70.6 Å². The van der Waals surface area contributed by atoms with Gasteiger partial charge < -0.3 is 46.2 Å². The van der Waals surface area contributed by atoms with Gasteiger partial charge in [0, 0.05) is 6.61 Å². The first-order valence-electron chi connectivity index (χ1n) is 20.8. The largest absolute Gasteiger partial charge is 0.393 e. The molecule has 0 heterocycles. The van der Waals surface area contributed by atoms with Gasteiger partial charge in [-0.15, -0.1) is 0 Å². The van der Waals surface area contributed by atoms with Crippen LogP contribution in [0.2, 0.25) is 0 Å². The zero-order valence-electron chi connectivity index (χ0n) is 32.9. The van der Waals surface area contributed by atoms with Crippen LogP contribution < -0.4 is 5.73 Å². The van der Waals surface area contributed by atoms with Crippen LogP contribution in [0.3, 0.4) is 0 Å². The first-order valence-corrected chi connectivity index (χ1v) is 20.8. The molecule has 0 aromatic carbocycles. The number of hydrogen-bond acceptors (Lipinski definition) is 9. The fraction of sp³-hybridized carbons (Fsp3) is 1.00. The van der Waals surface area contributed by atoms with Gasteiger partial charge in [-0.25, -0.2) is 0 Å². The van der Waals surface area contributed by atoms with Gasteiger partial charge in [0.05, 0.1) is 24.9 Å². The summed E-state index contributed by atoms with van der Waals surface area (Å²) in [5, 5.41) is 72.9. The summed E-state index contributed by atoms with van der Waals surface area (Å²) in [6.45, 7) is 17.2. The first-order chi connectivity index (χ1) is 23.7. The Balaban J connectivity index is 1.04. The SMILES string of the molecule is CC(CC[C@@H](O)[C@@H](O)[C@@H](O)CCO[C@H]1[C@H](N)[C@@H](O)[C@H](O)[C@]1(O)CO)[C@H]1CC[C@]2(C)[C@H]3CC[C@@H]4[C@@]5(C)CCCC(C)(C)[C@@H]5CC[C@@]4(C)[C@]3(C)CC[C@@H]12. The van der Waals surface area contributed by atoms with Gasteiger partial charge in [-0.2, -0.15) is 0 Å². The Hall–Kier alpha value is -0.360. The molecular formula is C42H75NO8. The van der Waals surface area contributed by atoms with Crippen LogP contribution in [0, 0.1) is 62.6 Å². The van der Waals surface area contributed by atoms with Crippen LogP contribution in [0.15, 0.2) is 0 Å². The van der Waals surface area contributed by atoms with Crippen molar-refractivity contribution in [1.29, 1.82) is 0 Å². The second-order valence-electron chi connectivity index (χ2n) is 20.7. The molecule has 0 aromatic heterocycles. The van der Waals surface area contributed by atoms with E-state index < -0.39 is 54.9 Å². The summed E-state index contributed by atoms with van der Waals surface area (Å²) in [7, 11) is 0. The minimum atomic E-state index is -2.13. The van der Waals surface area contributed by atoms with Gasteiger partial charge >= 0.3 is 0 Å². The molecule has 1 unspecified atom stereocenters. The molecular weight excluding hydrogens is 646 g/mol. The summed E-state index contributed by atoms with van der Waals surface area (Å²) >= 11 is 0. The van der Waals surface area contributed by atoms with E-state index in [9.17, 15) is 35.7 Å². The highest BCUT2D eigenvalue weighted by Crippen LogP contribution is 2.78. The van der Waals surface area contributed by atoms with Crippen molar-refractivity contribution in [3.63, 3.8) is 0 Å². The molecule has 0 amide bonds. The van der Waals surface area contributed by atoms with Crippen molar-refractivity contribution in [2.24, 2.45) is 68.3 Å². The minimum Gasteiger partial charge on any atom is -0.393 e. The highest BCUT2D eigenvalue weighted by molar-refractivity contribution is 5.19. The van der Waals surface area contributed by atoms with E-state index >= 15 is 0 Å². The van der Waals surface area contributed by atoms with Crippen molar-refractivity contribution in [2.75, 3.05) is 13.2 Å². The highest BCUT2D eigenvalue weighted by atomic mass is 16.5. The van der Waals surface area contributed by atoms with E-state index in [4.69, 9.17) is 10.5 Å². The van der Waals surface area contributed by atoms with Crippen LogP contribution in [-0.4, -0.2) is 97.2 Å². The molecule has 0 aliphatic heterocycles. The van der Waals surface area contributed by atoms with E-state index in [2.05, 4.69) is 48.5 Å². The number of fused-ring (bicyclic) bond motifs is 7. The fourth-order valence-corrected chi connectivity index (χ4v) is 15.2. The second kappa shape index (κ2) is 14.0. The molecule has 6 aliphatic rings. The van der Waals surface area contributed by atoms with Crippen LogP contribution in [0.4, 0.5) is 0 Å². The van der Waals surface area contributed by atoms with E-state index in [-0.39, 0.29) is 13.0 Å². The maximum Gasteiger partial charge on any atom is 0.144 e. The Kier molecular flexibility index (Phi) is 11.1. The molecule has 0 saturated heterocycles. The number of nitrogens with two attached hydrogens (primary N) is 1. The Morgan fingerprint density at radius 3 is 1.98 bits per heavy atom. The van der Waals surface area contributed by atoms with Crippen molar-refractivity contribution < 1.29 is 40.5 Å². The average molecular weight is 722 g/mol. The van der Waals surface area contributed by atoms with Crippen LogP contribution in [0.1, 0.15) is 138 Å². The van der Waals surface area contributed by atoms with E-state index in [0.717, 1.165) is 24.2 Å². The normalized spacial score (nSPS) is 51.5. The molecule has 0 bridgehead atoms. The van der Waals surface area contributed by atoms with Gasteiger partial charge in [0.25, 0.3) is 0 Å². The molecule has 9 heteroatoms. The molecule has 6 fully saturated rings. The monoisotopic (exact) mass is 722 g/mol. The lowest BCUT2D eigenvalue weighted by molar-refractivity contribution is -0.241. The molecule has 0 aromatic rings. The third-order valence-electron chi connectivity index (χ3n) is 18.2. The summed E-state index contributed by atoms with van der Waals surface area (Å²) in [6.07, 6.45) is 7.85. The van der Waals surface area contributed by atoms with Crippen molar-refractivity contribution >= 4 is 0 Å². The predicted molar refractivity (Wildman–Crippen MR) is 197 cm³/mol. The Labute approximate surface area is 308 Å². The van der Waals surface area contributed by atoms with Gasteiger partial charge in [-0.3, -0.25) is 0 Å². The van der Waals surface area contributed by atoms with Crippen LogP contribution in [0.5, 0.6) is 0 Å². The standard InChI is InChI=1S/C42H75NO8/c1-24(9-10-27(45)33(47)28(46)16-22-51-36-32(43)34(48)35(49)42(36,50)23-44)25-13-19-38(4)26(25)14-20-40(6)30(38)11-12-31-39(5)18-8-17-37(2,3)29(39)15-21-41(31,40)7/h24-36,44-50H,8-23,43H2,1-7H3/t24?,25-,26+,27-,28+,29+,30-,31-,32-,33-,34-,35+,36+,38+,39+,40-,41-,42-/m1/s1. The van der Waals surface area contributed by atoms with Gasteiger partial charge in [0.1, 0.15) is 30.0 Å². The molecule has 296 valence electrons. The molecule has 0 spiro atoms. The summed E-state index contributed by atoms with van der Waals surface area (Å²) < 4.78 is 5.60. The van der Waals surface area contributed by atoms with Crippen LogP contribution in [0.25, 0.3) is 0 Å². The van der Waals surface area contributed by atoms with Crippen LogP contribution in [-0.2, 0) is 4.74 Å². The number of aliphatic hydroxyl groups excluding tert-OH is 6. The van der Waals surface area contributed by atoms with E-state index in [1.54, 1.807) is 0 Å². The lowest BCUT2D eigenvalue weighted by Gasteiger charge is -2.73. The maximum atomic E-state index is 11.0. The van der Waals surface area contributed by atoms with Crippen molar-refractivity contribution in [3.8, 4) is 0 Å². The Morgan fingerprint density at radius 2 is 1.33 bits per heavy atom. The van der Waals surface area contributed by atoms with Crippen LogP contribution >= 0.6 is 0 Å². The number of hydrogen-bond donors (Lipinski definition) is 8. The van der Waals surface area contributed by atoms with Crippen molar-refractivity contribution in [3.05, 3.63) is 0 Å². The molecule has 6 aliphatic carbocycles. The summed E-state index contributed by atoms with van der Waals surface area (Å²) in [6, 6.07) is -1.13. The number of rotatable bonds is 11. The first kappa shape index (κ1) is 40.3. The van der Waals surface area contributed by atoms with Gasteiger partial charge in [-0.05, 0) is 146 Å². The van der Waals surface area contributed by atoms with E-state index in [0.29, 0.717) is 51.2 Å². The van der Waals surface area contributed by atoms with Crippen molar-refractivity contribution in [1.82, 2.24) is 0 Å². The lowest BCUT2D eigenvalue weighted by atomic mass is 9.32. The topological polar surface area (TPSA) is 177 Å². The Bertz CT molecular complexity index is 1240. The zero-order valence-corrected chi connectivity index (χ0v) is 32.9. The summed E-state index contributed by atoms with van der Waals surface area (Å²) in [5.74, 6) is 4.12. The summed E-state index contributed by atoms with van der Waals surface area (Å²) in [4.78, 5) is 0. The molecule has 18 atom stereocenters. The smallest absolute Gasteiger partial charge is 0.144 e. The van der Waals surface area contributed by atoms with Gasteiger partial charge in [-0.1, -0.05) is 54.9 Å². The third kappa shape index (κ3) is 6.12. The van der Waals surface area contributed by atoms with Crippen molar-refractivity contribution in [2.45, 2.75) is 187 Å². The third-order valence-corrected chi connectivity index (χ3v) is 18.2. The number of aliphatic hydroxyl groups is 7. The molecule has 51 heavy (non-hydrogen) atoms.